The van der Waals surface area contributed by atoms with Crippen LogP contribution in [0.15, 0.2) is 38.3 Å². The Morgan fingerprint density at radius 3 is 2.61 bits per heavy atom. The molecule has 0 saturated carbocycles. The number of anilines is 2. The molecule has 1 aliphatic rings. The second kappa shape index (κ2) is 8.50. The third-order valence-corrected chi connectivity index (χ3v) is 6.01. The molecule has 1 unspecified atom stereocenters. The second-order valence-electron chi connectivity index (χ2n) is 7.35. The van der Waals surface area contributed by atoms with Crippen LogP contribution in [-0.2, 0) is 20.6 Å². The van der Waals surface area contributed by atoms with Crippen LogP contribution in [0, 0.1) is 0 Å². The van der Waals surface area contributed by atoms with E-state index in [0.29, 0.717) is 18.9 Å². The van der Waals surface area contributed by atoms with Crippen molar-refractivity contribution in [3.05, 3.63) is 55.1 Å². The molecule has 0 radical (unpaired) electrons. The van der Waals surface area contributed by atoms with Crippen LogP contribution in [0.5, 0.6) is 0 Å². The van der Waals surface area contributed by atoms with Crippen molar-refractivity contribution >= 4 is 27.4 Å². The van der Waals surface area contributed by atoms with E-state index in [4.69, 9.17) is 11.5 Å². The molecule has 0 bridgehead atoms. The molecule has 1 aromatic heterocycles. The maximum absolute atomic E-state index is 13.0. The molecule has 1 aromatic carbocycles. The smallest absolute Gasteiger partial charge is 0.332 e. The number of nitrogen functional groups attached to an aromatic ring is 1. The lowest BCUT2D eigenvalue weighted by Crippen LogP contribution is -2.50. The summed E-state index contributed by atoms with van der Waals surface area (Å²) in [7, 11) is 3.05. The number of nitrogens with zero attached hydrogens (tertiary/aromatic N) is 4. The van der Waals surface area contributed by atoms with Gasteiger partial charge in [0.2, 0.25) is 0 Å². The molecule has 152 valence electrons. The van der Waals surface area contributed by atoms with Crippen LogP contribution in [0.3, 0.4) is 0 Å². The molecule has 28 heavy (non-hydrogen) atoms. The van der Waals surface area contributed by atoms with Gasteiger partial charge in [0.15, 0.2) is 0 Å². The van der Waals surface area contributed by atoms with E-state index in [9.17, 15) is 9.59 Å². The largest absolute Gasteiger partial charge is 0.383 e. The average Bonchev–Trinajstić information content (AvgIpc) is 2.66. The van der Waals surface area contributed by atoms with E-state index in [2.05, 4.69) is 20.8 Å². The highest BCUT2D eigenvalue weighted by Gasteiger charge is 2.24. The van der Waals surface area contributed by atoms with Crippen molar-refractivity contribution in [3.63, 3.8) is 0 Å². The zero-order valence-electron chi connectivity index (χ0n) is 16.3. The molecule has 1 fully saturated rings. The number of likely N-dealkylation sites (tertiary alicyclic amines) is 1. The molecule has 8 nitrogen and oxygen atoms in total. The molecule has 2 heterocycles. The van der Waals surface area contributed by atoms with Gasteiger partial charge in [-0.15, -0.1) is 0 Å². The summed E-state index contributed by atoms with van der Waals surface area (Å²) in [4.78, 5) is 29.4. The van der Waals surface area contributed by atoms with Crippen LogP contribution < -0.4 is 27.6 Å². The standard InChI is InChI=1S/C19H27BrN6O2/c1-23-17(22)16(18(27)24(2)19(23)28)26(10-13-6-3-4-8-15(13)20)12-25-9-5-7-14(21)11-25/h3-4,6,8,14H,5,7,9-12,21-22H2,1-2H3. The van der Waals surface area contributed by atoms with E-state index < -0.39 is 11.2 Å². The highest BCUT2D eigenvalue weighted by molar-refractivity contribution is 9.10. The SMILES string of the molecule is Cn1c(N)c(N(Cc2ccccc2Br)CN2CCCC(N)C2)c(=O)n(C)c1=O. The van der Waals surface area contributed by atoms with Gasteiger partial charge in [-0.3, -0.25) is 18.8 Å². The highest BCUT2D eigenvalue weighted by atomic mass is 79.9. The summed E-state index contributed by atoms with van der Waals surface area (Å²) < 4.78 is 3.36. The number of halogens is 1. The molecule has 0 spiro atoms. The van der Waals surface area contributed by atoms with Crippen LogP contribution in [0.2, 0.25) is 0 Å². The molecule has 1 aliphatic heterocycles. The molecule has 0 aliphatic carbocycles. The van der Waals surface area contributed by atoms with Gasteiger partial charge in [-0.05, 0) is 31.0 Å². The molecule has 3 rings (SSSR count). The number of hydrogen-bond donors (Lipinski definition) is 2. The Balaban J connectivity index is 2.05. The van der Waals surface area contributed by atoms with Gasteiger partial charge in [0.25, 0.3) is 5.56 Å². The van der Waals surface area contributed by atoms with Crippen molar-refractivity contribution < 1.29 is 0 Å². The normalized spacial score (nSPS) is 17.6. The highest BCUT2D eigenvalue weighted by Crippen LogP contribution is 2.24. The van der Waals surface area contributed by atoms with Crippen molar-refractivity contribution in [1.82, 2.24) is 14.0 Å². The van der Waals surface area contributed by atoms with Gasteiger partial charge in [-0.25, -0.2) is 4.79 Å². The summed E-state index contributed by atoms with van der Waals surface area (Å²) in [5.41, 5.74) is 12.9. The minimum Gasteiger partial charge on any atom is -0.383 e. The fourth-order valence-electron chi connectivity index (χ4n) is 3.63. The molecule has 1 atom stereocenters. The van der Waals surface area contributed by atoms with E-state index >= 15 is 0 Å². The Hall–Kier alpha value is -2.10. The third-order valence-electron chi connectivity index (χ3n) is 5.23. The maximum atomic E-state index is 13.0. The number of aromatic nitrogens is 2. The van der Waals surface area contributed by atoms with Crippen LogP contribution in [0.25, 0.3) is 0 Å². The second-order valence-corrected chi connectivity index (χ2v) is 8.20. The predicted octanol–water partition coefficient (Wildman–Crippen LogP) is 0.816. The lowest BCUT2D eigenvalue weighted by Gasteiger charge is -2.36. The molecular weight excluding hydrogens is 424 g/mol. The van der Waals surface area contributed by atoms with Gasteiger partial charge < -0.3 is 16.4 Å². The lowest BCUT2D eigenvalue weighted by molar-refractivity contribution is 0.207. The monoisotopic (exact) mass is 450 g/mol. The lowest BCUT2D eigenvalue weighted by atomic mass is 10.1. The Kier molecular flexibility index (Phi) is 6.26. The first-order valence-corrected chi connectivity index (χ1v) is 10.1. The number of hydrogen-bond acceptors (Lipinski definition) is 6. The van der Waals surface area contributed by atoms with Crippen LogP contribution in [0.1, 0.15) is 18.4 Å². The van der Waals surface area contributed by atoms with Crippen molar-refractivity contribution in [2.45, 2.75) is 25.4 Å². The van der Waals surface area contributed by atoms with E-state index in [0.717, 1.165) is 40.5 Å². The summed E-state index contributed by atoms with van der Waals surface area (Å²) >= 11 is 3.58. The maximum Gasteiger partial charge on any atom is 0.332 e. The van der Waals surface area contributed by atoms with Crippen LogP contribution >= 0.6 is 15.9 Å². The first-order valence-electron chi connectivity index (χ1n) is 9.31. The first kappa shape index (κ1) is 20.6. The van der Waals surface area contributed by atoms with Crippen LogP contribution in [-0.4, -0.2) is 39.8 Å². The Bertz CT molecular complexity index is 970. The van der Waals surface area contributed by atoms with E-state index in [-0.39, 0.29) is 11.9 Å². The Morgan fingerprint density at radius 2 is 1.93 bits per heavy atom. The first-order chi connectivity index (χ1) is 13.3. The topological polar surface area (TPSA) is 103 Å². The molecule has 0 amide bonds. The van der Waals surface area contributed by atoms with Crippen molar-refractivity contribution in [1.29, 1.82) is 0 Å². The summed E-state index contributed by atoms with van der Waals surface area (Å²) in [5, 5.41) is 0. The number of nitrogens with two attached hydrogens (primary N) is 2. The molecule has 1 saturated heterocycles. The molecule has 4 N–H and O–H groups in total. The van der Waals surface area contributed by atoms with Gasteiger partial charge >= 0.3 is 5.69 Å². The van der Waals surface area contributed by atoms with Crippen molar-refractivity contribution in [2.24, 2.45) is 19.8 Å². The van der Waals surface area contributed by atoms with Gasteiger partial charge in [-0.1, -0.05) is 34.1 Å². The number of rotatable bonds is 5. The quantitative estimate of drug-likeness (QED) is 0.698. The van der Waals surface area contributed by atoms with E-state index in [1.807, 2.05) is 29.2 Å². The van der Waals surface area contributed by atoms with E-state index in [1.54, 1.807) is 7.05 Å². The van der Waals surface area contributed by atoms with Gasteiger partial charge in [0, 0.05) is 37.7 Å². The summed E-state index contributed by atoms with van der Waals surface area (Å²) in [6.07, 6.45) is 2.02. The average molecular weight is 451 g/mol. The minimum atomic E-state index is -0.438. The fraction of sp³-hybridized carbons (Fsp3) is 0.474. The third kappa shape index (κ3) is 4.16. The number of benzene rings is 1. The van der Waals surface area contributed by atoms with Crippen LogP contribution in [0.4, 0.5) is 11.5 Å². The summed E-state index contributed by atoms with van der Waals surface area (Å²) in [6.45, 7) is 2.65. The number of piperidine rings is 1. The predicted molar refractivity (Wildman–Crippen MR) is 115 cm³/mol. The molecular formula is C19H27BrN6O2. The Morgan fingerprint density at radius 1 is 1.21 bits per heavy atom. The van der Waals surface area contributed by atoms with Gasteiger partial charge in [0.05, 0.1) is 6.67 Å². The fourth-order valence-corrected chi connectivity index (χ4v) is 4.04. The minimum absolute atomic E-state index is 0.124. The molecule has 9 heteroatoms. The van der Waals surface area contributed by atoms with Gasteiger partial charge in [0.1, 0.15) is 11.5 Å². The van der Waals surface area contributed by atoms with Crippen molar-refractivity contribution in [2.75, 3.05) is 30.4 Å². The zero-order valence-corrected chi connectivity index (χ0v) is 17.9. The van der Waals surface area contributed by atoms with Crippen molar-refractivity contribution in [3.8, 4) is 0 Å². The zero-order chi connectivity index (χ0) is 20.4. The Labute approximate surface area is 172 Å². The summed E-state index contributed by atoms with van der Waals surface area (Å²) in [6, 6.07) is 7.99. The van der Waals surface area contributed by atoms with E-state index in [1.165, 1.54) is 11.6 Å². The molecule has 2 aromatic rings. The summed E-state index contributed by atoms with van der Waals surface area (Å²) in [5.74, 6) is 0.168. The van der Waals surface area contributed by atoms with Gasteiger partial charge in [-0.2, -0.15) is 0 Å².